The van der Waals surface area contributed by atoms with E-state index in [4.69, 9.17) is 10.2 Å². The Labute approximate surface area is 102 Å². The van der Waals surface area contributed by atoms with Gasteiger partial charge in [0.05, 0.1) is 16.8 Å². The predicted octanol–water partition coefficient (Wildman–Crippen LogP) is 2.15. The summed E-state index contributed by atoms with van der Waals surface area (Å²) in [7, 11) is 0. The first-order valence-electron chi connectivity index (χ1n) is 5.12. The first-order valence-corrected chi connectivity index (χ1v) is 5.12. The molecule has 0 aliphatic heterocycles. The lowest BCUT2D eigenvalue weighted by Crippen LogP contribution is -2.05. The number of aromatic carboxylic acids is 2. The molecule has 5 nitrogen and oxygen atoms in total. The van der Waals surface area contributed by atoms with Gasteiger partial charge in [-0.3, -0.25) is 4.98 Å². The van der Waals surface area contributed by atoms with Crippen LogP contribution in [-0.4, -0.2) is 27.1 Å². The van der Waals surface area contributed by atoms with Gasteiger partial charge >= 0.3 is 11.9 Å². The van der Waals surface area contributed by atoms with Gasteiger partial charge in [-0.05, 0) is 18.2 Å². The summed E-state index contributed by atoms with van der Waals surface area (Å²) in [6.07, 6.45) is 1.43. The van der Waals surface area contributed by atoms with E-state index in [9.17, 15) is 9.59 Å². The van der Waals surface area contributed by atoms with E-state index in [0.29, 0.717) is 5.56 Å². The SMILES string of the molecule is O=C(O)c1ccccc1-c1ncccc1C(=O)O. The molecular weight excluding hydrogens is 234 g/mol. The average molecular weight is 243 g/mol. The van der Waals surface area contributed by atoms with E-state index < -0.39 is 11.9 Å². The normalized spacial score (nSPS) is 10.0. The molecule has 0 atom stereocenters. The number of rotatable bonds is 3. The first kappa shape index (κ1) is 11.8. The molecule has 0 aliphatic rings. The molecular formula is C13H9NO4. The highest BCUT2D eigenvalue weighted by Gasteiger charge is 2.17. The van der Waals surface area contributed by atoms with Gasteiger partial charge < -0.3 is 10.2 Å². The number of benzene rings is 1. The minimum atomic E-state index is -1.14. The van der Waals surface area contributed by atoms with Gasteiger partial charge in [-0.25, -0.2) is 9.59 Å². The van der Waals surface area contributed by atoms with E-state index >= 15 is 0 Å². The molecule has 0 saturated carbocycles. The highest BCUT2D eigenvalue weighted by molar-refractivity contribution is 6.00. The Hall–Kier alpha value is -2.69. The second-order valence-corrected chi connectivity index (χ2v) is 3.56. The van der Waals surface area contributed by atoms with Crippen molar-refractivity contribution >= 4 is 11.9 Å². The topological polar surface area (TPSA) is 87.5 Å². The Balaban J connectivity index is 2.70. The molecule has 0 fully saturated rings. The van der Waals surface area contributed by atoms with Crippen LogP contribution in [0.25, 0.3) is 11.3 Å². The largest absolute Gasteiger partial charge is 0.478 e. The minimum Gasteiger partial charge on any atom is -0.478 e. The Morgan fingerprint density at radius 1 is 0.889 bits per heavy atom. The maximum absolute atomic E-state index is 11.1. The first-order chi connectivity index (χ1) is 8.61. The summed E-state index contributed by atoms with van der Waals surface area (Å²) in [6, 6.07) is 9.06. The molecule has 5 heteroatoms. The average Bonchev–Trinajstić information content (AvgIpc) is 2.38. The van der Waals surface area contributed by atoms with Crippen molar-refractivity contribution in [1.29, 1.82) is 0 Å². The second kappa shape index (κ2) is 4.67. The molecule has 0 bridgehead atoms. The molecule has 0 radical (unpaired) electrons. The third-order valence-corrected chi connectivity index (χ3v) is 2.45. The lowest BCUT2D eigenvalue weighted by molar-refractivity contribution is 0.0684. The number of hydrogen-bond donors (Lipinski definition) is 2. The molecule has 0 unspecified atom stereocenters. The molecule has 1 heterocycles. The van der Waals surface area contributed by atoms with Crippen molar-refractivity contribution < 1.29 is 19.8 Å². The van der Waals surface area contributed by atoms with Gasteiger partial charge in [-0.2, -0.15) is 0 Å². The monoisotopic (exact) mass is 243 g/mol. The molecule has 2 N–H and O–H groups in total. The summed E-state index contributed by atoms with van der Waals surface area (Å²) in [5, 5.41) is 18.2. The molecule has 0 saturated heterocycles. The summed E-state index contributed by atoms with van der Waals surface area (Å²) >= 11 is 0. The van der Waals surface area contributed by atoms with Crippen LogP contribution in [0.1, 0.15) is 20.7 Å². The van der Waals surface area contributed by atoms with E-state index in [1.807, 2.05) is 0 Å². The van der Waals surface area contributed by atoms with Crippen molar-refractivity contribution in [2.45, 2.75) is 0 Å². The lowest BCUT2D eigenvalue weighted by atomic mass is 10.0. The van der Waals surface area contributed by atoms with Crippen LogP contribution in [0.2, 0.25) is 0 Å². The molecule has 2 aromatic rings. The van der Waals surface area contributed by atoms with Crippen LogP contribution in [0.3, 0.4) is 0 Å². The van der Waals surface area contributed by atoms with Gasteiger partial charge in [-0.1, -0.05) is 18.2 Å². The highest BCUT2D eigenvalue weighted by atomic mass is 16.4. The quantitative estimate of drug-likeness (QED) is 0.862. The van der Waals surface area contributed by atoms with Crippen molar-refractivity contribution in [1.82, 2.24) is 4.98 Å². The Bertz CT molecular complexity index is 566. The third kappa shape index (κ3) is 2.06. The molecule has 2 rings (SSSR count). The van der Waals surface area contributed by atoms with E-state index in [-0.39, 0.29) is 16.8 Å². The van der Waals surface area contributed by atoms with Crippen molar-refractivity contribution in [2.75, 3.05) is 0 Å². The fourth-order valence-electron chi connectivity index (χ4n) is 1.67. The maximum Gasteiger partial charge on any atom is 0.337 e. The summed E-state index contributed by atoms with van der Waals surface area (Å²) in [5.74, 6) is -2.26. The zero-order valence-corrected chi connectivity index (χ0v) is 9.20. The van der Waals surface area contributed by atoms with E-state index in [1.54, 1.807) is 12.1 Å². The summed E-state index contributed by atoms with van der Waals surface area (Å²) in [5.41, 5.74) is 0.455. The summed E-state index contributed by atoms with van der Waals surface area (Å²) in [6.45, 7) is 0. The zero-order chi connectivity index (χ0) is 13.1. The number of pyridine rings is 1. The third-order valence-electron chi connectivity index (χ3n) is 2.45. The zero-order valence-electron chi connectivity index (χ0n) is 9.20. The van der Waals surface area contributed by atoms with E-state index in [2.05, 4.69) is 4.98 Å². The fourth-order valence-corrected chi connectivity index (χ4v) is 1.67. The van der Waals surface area contributed by atoms with Crippen molar-refractivity contribution in [3.8, 4) is 11.3 Å². The van der Waals surface area contributed by atoms with Crippen LogP contribution in [0.5, 0.6) is 0 Å². The number of carbonyl (C=O) groups is 2. The van der Waals surface area contributed by atoms with Crippen LogP contribution in [0.15, 0.2) is 42.6 Å². The van der Waals surface area contributed by atoms with Crippen molar-refractivity contribution in [3.63, 3.8) is 0 Å². The van der Waals surface area contributed by atoms with Gasteiger partial charge in [0.15, 0.2) is 0 Å². The van der Waals surface area contributed by atoms with Crippen LogP contribution >= 0.6 is 0 Å². The van der Waals surface area contributed by atoms with Gasteiger partial charge in [0, 0.05) is 11.8 Å². The standard InChI is InChI=1S/C13H9NO4/c15-12(16)9-5-2-1-4-8(9)11-10(13(17)18)6-3-7-14-11/h1-7H,(H,15,16)(H,17,18). The number of nitrogens with zero attached hydrogens (tertiary/aromatic N) is 1. The predicted molar refractivity (Wildman–Crippen MR) is 63.6 cm³/mol. The van der Waals surface area contributed by atoms with Crippen LogP contribution in [-0.2, 0) is 0 Å². The summed E-state index contributed by atoms with van der Waals surface area (Å²) < 4.78 is 0. The van der Waals surface area contributed by atoms with Gasteiger partial charge in [-0.15, -0.1) is 0 Å². The Kier molecular flexibility index (Phi) is 3.05. The maximum atomic E-state index is 11.1. The lowest BCUT2D eigenvalue weighted by Gasteiger charge is -2.07. The number of hydrogen-bond acceptors (Lipinski definition) is 3. The van der Waals surface area contributed by atoms with Crippen LogP contribution in [0, 0.1) is 0 Å². The molecule has 90 valence electrons. The van der Waals surface area contributed by atoms with Gasteiger partial charge in [0.1, 0.15) is 0 Å². The minimum absolute atomic E-state index is 0.0220. The molecule has 18 heavy (non-hydrogen) atoms. The Morgan fingerprint density at radius 3 is 2.17 bits per heavy atom. The van der Waals surface area contributed by atoms with Crippen molar-refractivity contribution in [3.05, 3.63) is 53.7 Å². The smallest absolute Gasteiger partial charge is 0.337 e. The summed E-state index contributed by atoms with van der Waals surface area (Å²) in [4.78, 5) is 26.2. The van der Waals surface area contributed by atoms with E-state index in [0.717, 1.165) is 0 Å². The number of aromatic nitrogens is 1. The number of carboxylic acid groups (broad SMARTS) is 2. The molecule has 0 aliphatic carbocycles. The van der Waals surface area contributed by atoms with E-state index in [1.165, 1.54) is 30.5 Å². The van der Waals surface area contributed by atoms with Crippen molar-refractivity contribution in [2.24, 2.45) is 0 Å². The highest BCUT2D eigenvalue weighted by Crippen LogP contribution is 2.25. The van der Waals surface area contributed by atoms with Gasteiger partial charge in [0.25, 0.3) is 0 Å². The second-order valence-electron chi connectivity index (χ2n) is 3.56. The molecule has 0 spiro atoms. The van der Waals surface area contributed by atoms with Gasteiger partial charge in [0.2, 0.25) is 0 Å². The molecule has 1 aromatic heterocycles. The molecule has 1 aromatic carbocycles. The Morgan fingerprint density at radius 2 is 1.50 bits per heavy atom. The van der Waals surface area contributed by atoms with Crippen LogP contribution in [0.4, 0.5) is 0 Å². The molecule has 0 amide bonds. The van der Waals surface area contributed by atoms with Crippen LogP contribution < -0.4 is 0 Å². The number of carboxylic acids is 2. The fraction of sp³-hybridized carbons (Fsp3) is 0.